The van der Waals surface area contributed by atoms with Crippen molar-refractivity contribution in [1.82, 2.24) is 10.3 Å². The molecule has 0 bridgehead atoms. The van der Waals surface area contributed by atoms with Crippen molar-refractivity contribution in [2.24, 2.45) is 0 Å². The highest BCUT2D eigenvalue weighted by atomic mass is 35.5. The second-order valence-electron chi connectivity index (χ2n) is 7.90. The minimum absolute atomic E-state index is 0.0109. The van der Waals surface area contributed by atoms with Crippen molar-refractivity contribution >= 4 is 63.1 Å². The molecule has 11 heteroatoms. The summed E-state index contributed by atoms with van der Waals surface area (Å²) in [6.45, 7) is 0. The van der Waals surface area contributed by atoms with Gasteiger partial charge < -0.3 is 21.3 Å². The number of carbonyl (C=O) groups excluding carboxylic acids is 4. The minimum Gasteiger partial charge on any atom is -0.340 e. The van der Waals surface area contributed by atoms with Crippen molar-refractivity contribution in [3.05, 3.63) is 57.9 Å². The monoisotopic (exact) mass is 495 g/mol. The molecule has 3 heterocycles. The molecule has 3 aromatic rings. The topological polar surface area (TPSA) is 129 Å². The largest absolute Gasteiger partial charge is 0.340 e. The zero-order valence-electron chi connectivity index (χ0n) is 17.6. The number of anilines is 3. The lowest BCUT2D eigenvalue weighted by Crippen LogP contribution is -2.41. The van der Waals surface area contributed by atoms with E-state index in [1.165, 1.54) is 11.3 Å². The first-order valence-corrected chi connectivity index (χ1v) is 11.7. The first kappa shape index (κ1) is 22.1. The van der Waals surface area contributed by atoms with E-state index in [9.17, 15) is 19.2 Å². The average Bonchev–Trinajstić information content (AvgIpc) is 3.38. The number of para-hydroxylation sites is 1. The van der Waals surface area contributed by atoms with Gasteiger partial charge in [0.1, 0.15) is 6.04 Å². The number of nitrogens with one attached hydrogen (secondary N) is 4. The Morgan fingerprint density at radius 1 is 1.12 bits per heavy atom. The van der Waals surface area contributed by atoms with Crippen LogP contribution < -0.4 is 21.3 Å². The Labute approximate surface area is 202 Å². The molecular weight excluding hydrogens is 478 g/mol. The Balaban J connectivity index is 1.21. The van der Waals surface area contributed by atoms with Crippen molar-refractivity contribution in [3.63, 3.8) is 0 Å². The van der Waals surface area contributed by atoms with Gasteiger partial charge in [0, 0.05) is 23.1 Å². The third kappa shape index (κ3) is 4.37. The van der Waals surface area contributed by atoms with Crippen LogP contribution in [0.5, 0.6) is 0 Å². The second kappa shape index (κ2) is 8.88. The molecule has 0 saturated heterocycles. The van der Waals surface area contributed by atoms with Gasteiger partial charge in [-0.15, -0.1) is 11.3 Å². The summed E-state index contributed by atoms with van der Waals surface area (Å²) < 4.78 is 0. The Kier molecular flexibility index (Phi) is 5.76. The van der Waals surface area contributed by atoms with Crippen LogP contribution in [0.2, 0.25) is 5.02 Å². The molecule has 0 saturated carbocycles. The number of thiazole rings is 1. The zero-order chi connectivity index (χ0) is 23.8. The number of hydrogen-bond donors (Lipinski definition) is 4. The quantitative estimate of drug-likeness (QED) is 0.431. The molecule has 0 fully saturated rings. The van der Waals surface area contributed by atoms with Crippen LogP contribution in [0.3, 0.4) is 0 Å². The smallest absolute Gasteiger partial charge is 0.254 e. The van der Waals surface area contributed by atoms with Crippen molar-refractivity contribution in [1.29, 1.82) is 0 Å². The molecular formula is C23H18ClN5O4S. The van der Waals surface area contributed by atoms with Gasteiger partial charge >= 0.3 is 0 Å². The number of nitrogens with zero attached hydrogens (tertiary/aromatic N) is 1. The minimum atomic E-state index is -0.834. The van der Waals surface area contributed by atoms with E-state index >= 15 is 0 Å². The van der Waals surface area contributed by atoms with E-state index < -0.39 is 6.04 Å². The number of rotatable bonds is 5. The summed E-state index contributed by atoms with van der Waals surface area (Å²) in [6, 6.07) is 9.41. The molecule has 9 nitrogen and oxygen atoms in total. The molecule has 2 aliphatic heterocycles. The van der Waals surface area contributed by atoms with Crippen LogP contribution >= 0.6 is 22.9 Å². The average molecular weight is 496 g/mol. The van der Waals surface area contributed by atoms with Crippen molar-refractivity contribution in [3.8, 4) is 11.3 Å². The fourth-order valence-corrected chi connectivity index (χ4v) is 4.86. The summed E-state index contributed by atoms with van der Waals surface area (Å²) >= 11 is 7.61. The molecule has 2 aliphatic rings. The van der Waals surface area contributed by atoms with Crippen LogP contribution in [0.4, 0.5) is 16.5 Å². The highest BCUT2D eigenvalue weighted by molar-refractivity contribution is 7.14. The Morgan fingerprint density at radius 3 is 2.79 bits per heavy atom. The summed E-state index contributed by atoms with van der Waals surface area (Å²) in [5.41, 5.74) is 3.61. The maximum absolute atomic E-state index is 12.5. The van der Waals surface area contributed by atoms with Crippen molar-refractivity contribution in [2.45, 2.75) is 25.3 Å². The maximum Gasteiger partial charge on any atom is 0.254 e. The van der Waals surface area contributed by atoms with Crippen LogP contribution in [0.25, 0.3) is 11.3 Å². The lowest BCUT2D eigenvalue weighted by atomic mass is 10.1. The molecule has 0 spiro atoms. The van der Waals surface area contributed by atoms with Crippen LogP contribution in [0, 0.1) is 0 Å². The van der Waals surface area contributed by atoms with Gasteiger partial charge in [-0.2, -0.15) is 0 Å². The Morgan fingerprint density at radius 2 is 1.94 bits per heavy atom. The van der Waals surface area contributed by atoms with Gasteiger partial charge in [-0.05, 0) is 36.2 Å². The third-order valence-electron chi connectivity index (χ3n) is 5.56. The number of carbonyl (C=O) groups is 4. The summed E-state index contributed by atoms with van der Waals surface area (Å²) in [5, 5.41) is 13.5. The lowest BCUT2D eigenvalue weighted by Gasteiger charge is -2.13. The predicted molar refractivity (Wildman–Crippen MR) is 129 cm³/mol. The van der Waals surface area contributed by atoms with Gasteiger partial charge in [0.2, 0.25) is 17.7 Å². The summed E-state index contributed by atoms with van der Waals surface area (Å²) in [5.74, 6) is -1.16. The SMILES string of the molecule is O=C(CC[C@@H]1NC(=O)c2ccccc2NC1=O)Nc1nc(-c2cc3c(cc2Cl)NC(=O)C3)cs1. The molecule has 0 aliphatic carbocycles. The highest BCUT2D eigenvalue weighted by Gasteiger charge is 2.28. The van der Waals surface area contributed by atoms with Gasteiger partial charge in [0.15, 0.2) is 5.13 Å². The molecule has 1 aromatic heterocycles. The van der Waals surface area contributed by atoms with E-state index in [1.807, 2.05) is 6.07 Å². The van der Waals surface area contributed by atoms with Crippen LogP contribution in [-0.4, -0.2) is 34.7 Å². The lowest BCUT2D eigenvalue weighted by molar-refractivity contribution is -0.119. The fraction of sp³-hybridized carbons (Fsp3) is 0.174. The molecule has 0 unspecified atom stereocenters. The number of halogens is 1. The van der Waals surface area contributed by atoms with Gasteiger partial charge in [-0.3, -0.25) is 19.2 Å². The predicted octanol–water partition coefficient (Wildman–Crippen LogP) is 3.43. The second-order valence-corrected chi connectivity index (χ2v) is 9.17. The standard InChI is InChI=1S/C23H18ClN5O4S/c24-14-9-17-11(8-20(31)25-17)7-13(14)18-10-34-23(28-18)29-19(30)6-5-16-22(33)26-15-4-2-1-3-12(15)21(32)27-16/h1-4,7,9-10,16H,5-6,8H2,(H,25,31)(H,26,33)(H,27,32)(H,28,29,30)/t16-/m0/s1. The molecule has 2 aromatic carbocycles. The maximum atomic E-state index is 12.5. The molecule has 4 N–H and O–H groups in total. The number of amides is 4. The number of hydrogen-bond acceptors (Lipinski definition) is 6. The number of fused-ring (bicyclic) bond motifs is 2. The zero-order valence-corrected chi connectivity index (χ0v) is 19.2. The first-order valence-electron chi connectivity index (χ1n) is 10.5. The van der Waals surface area contributed by atoms with Crippen LogP contribution in [0.1, 0.15) is 28.8 Å². The molecule has 34 heavy (non-hydrogen) atoms. The van der Waals surface area contributed by atoms with E-state index in [0.717, 1.165) is 5.56 Å². The highest BCUT2D eigenvalue weighted by Crippen LogP contribution is 2.36. The first-order chi connectivity index (χ1) is 16.4. The van der Waals surface area contributed by atoms with E-state index in [0.29, 0.717) is 38.3 Å². The van der Waals surface area contributed by atoms with Gasteiger partial charge in [-0.1, -0.05) is 23.7 Å². The van der Waals surface area contributed by atoms with Crippen LogP contribution in [-0.2, 0) is 20.8 Å². The van der Waals surface area contributed by atoms with E-state index in [2.05, 4.69) is 26.3 Å². The van der Waals surface area contributed by atoms with E-state index in [4.69, 9.17) is 11.6 Å². The molecule has 0 radical (unpaired) electrons. The summed E-state index contributed by atoms with van der Waals surface area (Å²) in [4.78, 5) is 53.4. The van der Waals surface area contributed by atoms with Gasteiger partial charge in [-0.25, -0.2) is 4.98 Å². The fourth-order valence-electron chi connectivity index (χ4n) is 3.87. The third-order valence-corrected chi connectivity index (χ3v) is 6.63. The van der Waals surface area contributed by atoms with E-state index in [-0.39, 0.29) is 42.9 Å². The normalized spacial score (nSPS) is 16.6. The van der Waals surface area contributed by atoms with Crippen molar-refractivity contribution < 1.29 is 19.2 Å². The molecule has 172 valence electrons. The Bertz CT molecular complexity index is 1350. The van der Waals surface area contributed by atoms with Crippen molar-refractivity contribution in [2.75, 3.05) is 16.0 Å². The molecule has 4 amide bonds. The van der Waals surface area contributed by atoms with E-state index in [1.54, 1.807) is 35.7 Å². The van der Waals surface area contributed by atoms with Crippen LogP contribution in [0.15, 0.2) is 41.8 Å². The molecule has 5 rings (SSSR count). The number of aromatic nitrogens is 1. The molecule has 1 atom stereocenters. The van der Waals surface area contributed by atoms with Gasteiger partial charge in [0.05, 0.1) is 28.4 Å². The summed E-state index contributed by atoms with van der Waals surface area (Å²) in [6.07, 6.45) is 0.425. The summed E-state index contributed by atoms with van der Waals surface area (Å²) in [7, 11) is 0. The number of benzene rings is 2. The Hall–Kier alpha value is -3.76. The van der Waals surface area contributed by atoms with Gasteiger partial charge in [0.25, 0.3) is 5.91 Å².